The van der Waals surface area contributed by atoms with Gasteiger partial charge in [-0.3, -0.25) is 4.79 Å². The number of carbonyl (C=O) groups excluding carboxylic acids is 2. The normalized spacial score (nSPS) is 12.1. The van der Waals surface area contributed by atoms with Gasteiger partial charge in [-0.15, -0.1) is 0 Å². The highest BCUT2D eigenvalue weighted by molar-refractivity contribution is 5.97. The summed E-state index contributed by atoms with van der Waals surface area (Å²) < 4.78 is 32.9. The van der Waals surface area contributed by atoms with Gasteiger partial charge in [-0.25, -0.2) is 13.6 Å². The molecule has 1 unspecified atom stereocenters. The molecule has 0 fully saturated rings. The van der Waals surface area contributed by atoms with Crippen molar-refractivity contribution in [1.82, 2.24) is 5.32 Å². The summed E-state index contributed by atoms with van der Waals surface area (Å²) in [5.41, 5.74) is -0.684. The third-order valence-electron chi connectivity index (χ3n) is 4.48. The highest BCUT2D eigenvalue weighted by Crippen LogP contribution is 2.14. The van der Waals surface area contributed by atoms with Crippen LogP contribution < -0.4 is 5.32 Å². The smallest absolute Gasteiger partial charge is 0.328 e. The van der Waals surface area contributed by atoms with Crippen LogP contribution in [-0.2, 0) is 9.53 Å². The average Bonchev–Trinajstić information content (AvgIpc) is 2.62. The second kappa shape index (κ2) is 13.2. The van der Waals surface area contributed by atoms with Gasteiger partial charge in [-0.1, -0.05) is 65.4 Å². The minimum Gasteiger partial charge on any atom is -0.464 e. The van der Waals surface area contributed by atoms with Crippen LogP contribution in [-0.4, -0.2) is 24.5 Å². The van der Waals surface area contributed by atoms with Crippen molar-refractivity contribution in [3.05, 3.63) is 35.4 Å². The second-order valence-electron chi connectivity index (χ2n) is 7.54. The standard InChI is InChI=1S/C22H33F2NO3/c1-4-5-6-7-8-9-10-14-28-22(27)19(15-16(2)3)25-21(26)20-17(23)12-11-13-18(20)24/h11-13,16,19H,4-10,14-15H2,1-3H3,(H,25,26). The van der Waals surface area contributed by atoms with Crippen molar-refractivity contribution >= 4 is 11.9 Å². The van der Waals surface area contributed by atoms with Crippen LogP contribution in [0.15, 0.2) is 18.2 Å². The third-order valence-corrected chi connectivity index (χ3v) is 4.48. The molecule has 28 heavy (non-hydrogen) atoms. The molecule has 0 bridgehead atoms. The van der Waals surface area contributed by atoms with E-state index in [0.717, 1.165) is 31.4 Å². The van der Waals surface area contributed by atoms with Crippen LogP contribution in [0.2, 0.25) is 0 Å². The second-order valence-corrected chi connectivity index (χ2v) is 7.54. The molecule has 0 aliphatic carbocycles. The van der Waals surface area contributed by atoms with Gasteiger partial charge in [-0.05, 0) is 30.9 Å². The Morgan fingerprint density at radius 1 is 1.00 bits per heavy atom. The van der Waals surface area contributed by atoms with Crippen LogP contribution in [0.4, 0.5) is 8.78 Å². The van der Waals surface area contributed by atoms with Crippen molar-refractivity contribution < 1.29 is 23.1 Å². The summed E-state index contributed by atoms with van der Waals surface area (Å²) in [5.74, 6) is -3.34. The van der Waals surface area contributed by atoms with Crippen molar-refractivity contribution in [2.75, 3.05) is 6.61 Å². The van der Waals surface area contributed by atoms with Crippen LogP contribution in [0.3, 0.4) is 0 Å². The topological polar surface area (TPSA) is 55.4 Å². The van der Waals surface area contributed by atoms with E-state index in [2.05, 4.69) is 12.2 Å². The number of benzene rings is 1. The van der Waals surface area contributed by atoms with E-state index in [9.17, 15) is 18.4 Å². The molecular weight excluding hydrogens is 364 g/mol. The highest BCUT2D eigenvalue weighted by Gasteiger charge is 2.26. The summed E-state index contributed by atoms with van der Waals surface area (Å²) in [6.07, 6.45) is 8.05. The summed E-state index contributed by atoms with van der Waals surface area (Å²) in [5, 5.41) is 2.43. The fourth-order valence-electron chi connectivity index (χ4n) is 2.96. The number of carbonyl (C=O) groups is 2. The maximum atomic E-state index is 13.8. The first-order chi connectivity index (χ1) is 13.4. The van der Waals surface area contributed by atoms with Gasteiger partial charge < -0.3 is 10.1 Å². The fourth-order valence-corrected chi connectivity index (χ4v) is 2.96. The first-order valence-corrected chi connectivity index (χ1v) is 10.3. The van der Waals surface area contributed by atoms with E-state index in [0.29, 0.717) is 6.42 Å². The highest BCUT2D eigenvalue weighted by atomic mass is 19.1. The molecule has 1 aromatic rings. The lowest BCUT2D eigenvalue weighted by molar-refractivity contribution is -0.146. The Bertz CT molecular complexity index is 600. The van der Waals surface area contributed by atoms with Crippen molar-refractivity contribution in [2.24, 2.45) is 5.92 Å². The molecule has 0 heterocycles. The molecule has 1 N–H and O–H groups in total. The molecule has 1 rings (SSSR count). The average molecular weight is 398 g/mol. The Morgan fingerprint density at radius 2 is 1.57 bits per heavy atom. The van der Waals surface area contributed by atoms with Gasteiger partial charge in [0.2, 0.25) is 0 Å². The zero-order chi connectivity index (χ0) is 20.9. The van der Waals surface area contributed by atoms with Gasteiger partial charge >= 0.3 is 5.97 Å². The molecular formula is C22H33F2NO3. The van der Waals surface area contributed by atoms with Gasteiger partial charge in [0, 0.05) is 0 Å². The maximum Gasteiger partial charge on any atom is 0.328 e. The van der Waals surface area contributed by atoms with Crippen molar-refractivity contribution in [3.63, 3.8) is 0 Å². The monoisotopic (exact) mass is 397 g/mol. The number of hydrogen-bond donors (Lipinski definition) is 1. The number of amides is 1. The zero-order valence-corrected chi connectivity index (χ0v) is 17.2. The van der Waals surface area contributed by atoms with E-state index >= 15 is 0 Å². The molecule has 0 aromatic heterocycles. The van der Waals surface area contributed by atoms with E-state index < -0.39 is 35.1 Å². The fraction of sp³-hybridized carbons (Fsp3) is 0.636. The summed E-state index contributed by atoms with van der Waals surface area (Å²) >= 11 is 0. The number of nitrogens with one attached hydrogen (secondary N) is 1. The number of unbranched alkanes of at least 4 members (excludes halogenated alkanes) is 6. The number of ether oxygens (including phenoxy) is 1. The lowest BCUT2D eigenvalue weighted by Crippen LogP contribution is -2.43. The maximum absolute atomic E-state index is 13.8. The molecule has 0 spiro atoms. The lowest BCUT2D eigenvalue weighted by Gasteiger charge is -2.19. The van der Waals surface area contributed by atoms with Crippen molar-refractivity contribution in [3.8, 4) is 0 Å². The summed E-state index contributed by atoms with van der Waals surface area (Å²) in [6.45, 7) is 6.25. The molecule has 0 radical (unpaired) electrons. The van der Waals surface area contributed by atoms with Crippen LogP contribution in [0.1, 0.15) is 82.5 Å². The predicted octanol–water partition coefficient (Wildman–Crippen LogP) is 5.40. The van der Waals surface area contributed by atoms with Gasteiger partial charge in [0.25, 0.3) is 5.91 Å². The predicted molar refractivity (Wildman–Crippen MR) is 106 cm³/mol. The Kier molecular flexibility index (Phi) is 11.4. The first kappa shape index (κ1) is 24.1. The molecule has 0 aliphatic rings. The van der Waals surface area contributed by atoms with Crippen LogP contribution in [0.5, 0.6) is 0 Å². The molecule has 0 saturated heterocycles. The molecule has 4 nitrogen and oxygen atoms in total. The zero-order valence-electron chi connectivity index (χ0n) is 17.2. The van der Waals surface area contributed by atoms with E-state index in [4.69, 9.17) is 4.74 Å². The quantitative estimate of drug-likeness (QED) is 0.358. The molecule has 158 valence electrons. The first-order valence-electron chi connectivity index (χ1n) is 10.3. The van der Waals surface area contributed by atoms with Gasteiger partial charge in [0.1, 0.15) is 23.2 Å². The molecule has 1 atom stereocenters. The minimum absolute atomic E-state index is 0.0990. The van der Waals surface area contributed by atoms with Gasteiger partial charge in [0.05, 0.1) is 6.61 Å². The summed E-state index contributed by atoms with van der Waals surface area (Å²) in [7, 11) is 0. The minimum atomic E-state index is -0.961. The van der Waals surface area contributed by atoms with Crippen LogP contribution >= 0.6 is 0 Å². The molecule has 0 aliphatic heterocycles. The molecule has 1 amide bonds. The number of esters is 1. The third kappa shape index (κ3) is 8.81. The Morgan fingerprint density at radius 3 is 2.14 bits per heavy atom. The summed E-state index contributed by atoms with van der Waals surface area (Å²) in [6, 6.07) is 2.27. The van der Waals surface area contributed by atoms with Gasteiger partial charge in [-0.2, -0.15) is 0 Å². The van der Waals surface area contributed by atoms with E-state index in [1.807, 2.05) is 13.8 Å². The van der Waals surface area contributed by atoms with Crippen LogP contribution in [0, 0.1) is 17.6 Å². The Hall–Kier alpha value is -1.98. The number of halogens is 2. The van der Waals surface area contributed by atoms with E-state index in [-0.39, 0.29) is 12.5 Å². The Balaban J connectivity index is 2.53. The summed E-state index contributed by atoms with van der Waals surface area (Å²) in [4.78, 5) is 24.7. The lowest BCUT2D eigenvalue weighted by atomic mass is 10.0. The molecule has 6 heteroatoms. The van der Waals surface area contributed by atoms with Crippen molar-refractivity contribution in [1.29, 1.82) is 0 Å². The molecule has 0 saturated carbocycles. The van der Waals surface area contributed by atoms with E-state index in [1.54, 1.807) is 0 Å². The number of rotatable bonds is 13. The SMILES string of the molecule is CCCCCCCCCOC(=O)C(CC(C)C)NC(=O)c1c(F)cccc1F. The Labute approximate surface area is 167 Å². The number of hydrogen-bond acceptors (Lipinski definition) is 3. The molecule has 1 aromatic carbocycles. The van der Waals surface area contributed by atoms with Gasteiger partial charge in [0.15, 0.2) is 0 Å². The van der Waals surface area contributed by atoms with Crippen molar-refractivity contribution in [2.45, 2.75) is 78.2 Å². The van der Waals surface area contributed by atoms with Crippen LogP contribution in [0.25, 0.3) is 0 Å². The largest absolute Gasteiger partial charge is 0.464 e. The van der Waals surface area contributed by atoms with E-state index in [1.165, 1.54) is 31.7 Å².